The molecule has 1 heterocycles. The molecule has 0 aliphatic carbocycles. The summed E-state index contributed by atoms with van der Waals surface area (Å²) in [6.07, 6.45) is 3.02. The van der Waals surface area contributed by atoms with Crippen LogP contribution in [0.1, 0.15) is 11.1 Å². The van der Waals surface area contributed by atoms with E-state index in [2.05, 4.69) is 15.4 Å². The molecule has 0 bridgehead atoms. The topological polar surface area (TPSA) is 97.2 Å². The first-order valence-electron chi connectivity index (χ1n) is 11.7. The number of rotatable bonds is 7. The molecule has 0 aliphatic heterocycles. The summed E-state index contributed by atoms with van der Waals surface area (Å²) in [6.45, 7) is 3.38. The van der Waals surface area contributed by atoms with E-state index in [1.807, 2.05) is 38.1 Å². The van der Waals surface area contributed by atoms with E-state index in [1.165, 1.54) is 10.6 Å². The van der Waals surface area contributed by atoms with Crippen molar-refractivity contribution in [3.8, 4) is 5.69 Å². The molecule has 0 aliphatic rings. The van der Waals surface area contributed by atoms with Crippen LogP contribution in [0.5, 0.6) is 0 Å². The normalized spacial score (nSPS) is 11.4. The van der Waals surface area contributed by atoms with Gasteiger partial charge in [0.25, 0.3) is 10.0 Å². The Hall–Kier alpha value is -4.50. The van der Waals surface area contributed by atoms with Crippen LogP contribution in [-0.2, 0) is 14.8 Å². The number of carbonyl (C=O) groups excluding carboxylic acids is 1. The number of nitrogens with one attached hydrogen (secondary N) is 1. The molecule has 5 aromatic rings. The van der Waals surface area contributed by atoms with Crippen molar-refractivity contribution in [3.63, 3.8) is 0 Å². The zero-order valence-electron chi connectivity index (χ0n) is 20.4. The second-order valence-electron chi connectivity index (χ2n) is 8.64. The molecule has 0 radical (unpaired) electrons. The summed E-state index contributed by atoms with van der Waals surface area (Å²) in [7, 11) is -4.09. The Balaban J connectivity index is 1.49. The smallest absolute Gasteiger partial charge is 0.265 e. The van der Waals surface area contributed by atoms with E-state index in [9.17, 15) is 13.2 Å². The molecule has 5 rings (SSSR count). The molecule has 37 heavy (non-hydrogen) atoms. The number of anilines is 2. The lowest BCUT2D eigenvalue weighted by Crippen LogP contribution is -2.38. The third-order valence-corrected chi connectivity index (χ3v) is 8.10. The predicted octanol–water partition coefficient (Wildman–Crippen LogP) is 4.87. The highest BCUT2D eigenvalue weighted by molar-refractivity contribution is 7.93. The summed E-state index contributed by atoms with van der Waals surface area (Å²) in [5, 5.41) is 8.31. The van der Waals surface area contributed by atoms with Crippen molar-refractivity contribution < 1.29 is 13.2 Å². The van der Waals surface area contributed by atoms with Gasteiger partial charge in [0.1, 0.15) is 19.2 Å². The maximum atomic E-state index is 14.1. The Kier molecular flexibility index (Phi) is 6.45. The maximum Gasteiger partial charge on any atom is 0.265 e. The van der Waals surface area contributed by atoms with Crippen LogP contribution >= 0.6 is 0 Å². The lowest BCUT2D eigenvalue weighted by molar-refractivity contribution is -0.114. The number of nitrogens with zero attached hydrogens (tertiary/aromatic N) is 4. The molecule has 0 saturated heterocycles. The SMILES string of the molecule is Cc1cccc(N(CC(=O)Nc2ccc(-n3cncn3)cc2)S(=O)(=O)c2cccc3ccccc23)c1C. The molecule has 9 heteroatoms. The molecule has 0 saturated carbocycles. The van der Waals surface area contributed by atoms with Gasteiger partial charge in [0.05, 0.1) is 16.3 Å². The molecule has 1 amide bonds. The van der Waals surface area contributed by atoms with Gasteiger partial charge in [0, 0.05) is 11.1 Å². The van der Waals surface area contributed by atoms with Gasteiger partial charge in [-0.1, -0.05) is 48.5 Å². The number of carbonyl (C=O) groups is 1. The molecule has 8 nitrogen and oxygen atoms in total. The average molecular weight is 512 g/mol. The largest absolute Gasteiger partial charge is 0.325 e. The first-order valence-corrected chi connectivity index (χ1v) is 13.1. The zero-order chi connectivity index (χ0) is 26.0. The molecular weight excluding hydrogens is 486 g/mol. The number of benzene rings is 4. The van der Waals surface area contributed by atoms with E-state index < -0.39 is 15.9 Å². The molecule has 1 N–H and O–H groups in total. The van der Waals surface area contributed by atoms with Crippen LogP contribution in [0.3, 0.4) is 0 Å². The van der Waals surface area contributed by atoms with Gasteiger partial charge >= 0.3 is 0 Å². The van der Waals surface area contributed by atoms with Gasteiger partial charge in [0.2, 0.25) is 5.91 Å². The van der Waals surface area contributed by atoms with E-state index in [0.29, 0.717) is 16.8 Å². The van der Waals surface area contributed by atoms with Crippen molar-refractivity contribution in [2.75, 3.05) is 16.2 Å². The molecule has 0 spiro atoms. The van der Waals surface area contributed by atoms with Gasteiger partial charge < -0.3 is 5.32 Å². The molecule has 186 valence electrons. The molecule has 0 atom stereocenters. The van der Waals surface area contributed by atoms with Gasteiger partial charge in [-0.3, -0.25) is 9.10 Å². The summed E-state index contributed by atoms with van der Waals surface area (Å²) >= 11 is 0. The Morgan fingerprint density at radius 2 is 1.65 bits per heavy atom. The van der Waals surface area contributed by atoms with Crippen LogP contribution in [0.15, 0.2) is 102 Å². The van der Waals surface area contributed by atoms with E-state index >= 15 is 0 Å². The Morgan fingerprint density at radius 3 is 2.41 bits per heavy atom. The van der Waals surface area contributed by atoms with Gasteiger partial charge in [0.15, 0.2) is 0 Å². The zero-order valence-corrected chi connectivity index (χ0v) is 21.2. The maximum absolute atomic E-state index is 14.1. The summed E-state index contributed by atoms with van der Waals surface area (Å²) in [5.41, 5.74) is 3.50. The van der Waals surface area contributed by atoms with Crippen LogP contribution < -0.4 is 9.62 Å². The van der Waals surface area contributed by atoms with Crippen LogP contribution in [0, 0.1) is 13.8 Å². The van der Waals surface area contributed by atoms with Crippen LogP contribution in [0.4, 0.5) is 11.4 Å². The van der Waals surface area contributed by atoms with Crippen molar-refractivity contribution in [2.24, 2.45) is 0 Å². The summed E-state index contributed by atoms with van der Waals surface area (Å²) in [5.74, 6) is -0.460. The van der Waals surface area contributed by atoms with Crippen molar-refractivity contribution in [2.45, 2.75) is 18.7 Å². The van der Waals surface area contributed by atoms with Crippen molar-refractivity contribution in [1.29, 1.82) is 0 Å². The Bertz CT molecular complexity index is 1680. The van der Waals surface area contributed by atoms with Crippen LogP contribution in [-0.4, -0.2) is 35.6 Å². The van der Waals surface area contributed by atoms with Crippen LogP contribution in [0.2, 0.25) is 0 Å². The van der Waals surface area contributed by atoms with Gasteiger partial charge in [-0.15, -0.1) is 0 Å². The molecular formula is C28H25N5O3S. The van der Waals surface area contributed by atoms with Gasteiger partial charge in [-0.2, -0.15) is 5.10 Å². The van der Waals surface area contributed by atoms with Crippen molar-refractivity contribution in [1.82, 2.24) is 14.8 Å². The van der Waals surface area contributed by atoms with Gasteiger partial charge in [-0.25, -0.2) is 18.1 Å². The summed E-state index contributed by atoms with van der Waals surface area (Å²) < 4.78 is 31.0. The fourth-order valence-corrected chi connectivity index (χ4v) is 5.91. The van der Waals surface area contributed by atoms with E-state index in [0.717, 1.165) is 22.2 Å². The van der Waals surface area contributed by atoms with Crippen molar-refractivity contribution in [3.05, 3.63) is 109 Å². The second kappa shape index (κ2) is 9.87. The third kappa shape index (κ3) is 4.81. The monoisotopic (exact) mass is 511 g/mol. The lowest BCUT2D eigenvalue weighted by atomic mass is 10.1. The number of aryl methyl sites for hydroxylation is 1. The predicted molar refractivity (Wildman–Crippen MR) is 144 cm³/mol. The Labute approximate surface area is 215 Å². The first-order chi connectivity index (χ1) is 17.8. The number of hydrogen-bond donors (Lipinski definition) is 1. The van der Waals surface area contributed by atoms with Crippen molar-refractivity contribution >= 4 is 38.1 Å². The summed E-state index contributed by atoms with van der Waals surface area (Å²) in [6, 6.07) is 25.0. The van der Waals surface area contributed by atoms with E-state index in [1.54, 1.807) is 71.7 Å². The quantitative estimate of drug-likeness (QED) is 0.336. The third-order valence-electron chi connectivity index (χ3n) is 6.28. The van der Waals surface area contributed by atoms with E-state index in [4.69, 9.17) is 0 Å². The highest BCUT2D eigenvalue weighted by Gasteiger charge is 2.30. The minimum Gasteiger partial charge on any atom is -0.325 e. The highest BCUT2D eigenvalue weighted by Crippen LogP contribution is 2.32. The molecule has 1 aromatic heterocycles. The first kappa shape index (κ1) is 24.2. The minimum atomic E-state index is -4.09. The number of amides is 1. The molecule has 4 aromatic carbocycles. The van der Waals surface area contributed by atoms with E-state index in [-0.39, 0.29) is 11.4 Å². The van der Waals surface area contributed by atoms with Crippen LogP contribution in [0.25, 0.3) is 16.5 Å². The average Bonchev–Trinajstić information content (AvgIpc) is 3.44. The minimum absolute atomic E-state index is 0.150. The fraction of sp³-hybridized carbons (Fsp3) is 0.107. The van der Waals surface area contributed by atoms with Gasteiger partial charge in [-0.05, 0) is 66.8 Å². The highest BCUT2D eigenvalue weighted by atomic mass is 32.2. The fourth-order valence-electron chi connectivity index (χ4n) is 4.21. The number of hydrogen-bond acceptors (Lipinski definition) is 5. The Morgan fingerprint density at radius 1 is 0.919 bits per heavy atom. The second-order valence-corrected chi connectivity index (χ2v) is 10.5. The number of aromatic nitrogens is 3. The summed E-state index contributed by atoms with van der Waals surface area (Å²) in [4.78, 5) is 17.3. The lowest BCUT2D eigenvalue weighted by Gasteiger charge is -2.27. The molecule has 0 unspecified atom stereocenters. The number of fused-ring (bicyclic) bond motifs is 1. The standard InChI is InChI=1S/C28H25N5O3S/c1-20-7-5-11-26(21(20)2)33(37(35,36)27-12-6-9-22-8-3-4-10-25(22)27)17-28(34)31-23-13-15-24(16-14-23)32-19-29-18-30-32/h3-16,18-19H,17H2,1-2H3,(H,31,34). The molecule has 0 fully saturated rings. The number of sulfonamides is 1.